The van der Waals surface area contributed by atoms with E-state index in [1.807, 2.05) is 0 Å². The topological polar surface area (TPSA) is 61.8 Å². The molecule has 0 aliphatic carbocycles. The van der Waals surface area contributed by atoms with Crippen LogP contribution in [0.15, 0.2) is 29.6 Å². The Kier molecular flexibility index (Phi) is 7.45. The fraction of sp³-hybridized carbons (Fsp3) is 0.400. The smallest absolute Gasteiger partial charge is 0.368 e. The Morgan fingerprint density at radius 3 is 2.32 bits per heavy atom. The zero-order chi connectivity index (χ0) is 16.6. The molecule has 0 radical (unpaired) electrons. The third-order valence-corrected chi connectivity index (χ3v) is 4.63. The van der Waals surface area contributed by atoms with Crippen LogP contribution in [0.3, 0.4) is 0 Å². The quantitative estimate of drug-likeness (QED) is 0.410. The van der Waals surface area contributed by atoms with Gasteiger partial charge in [0.2, 0.25) is 0 Å². The molecule has 0 atom stereocenters. The van der Waals surface area contributed by atoms with E-state index in [1.54, 1.807) is 26.8 Å². The van der Waals surface area contributed by atoms with E-state index in [0.29, 0.717) is 5.56 Å². The molecule has 1 rings (SSSR count). The molecule has 0 unspecified atom stereocenters. The Hall–Kier alpha value is -1.49. The molecule has 0 spiro atoms. The van der Waals surface area contributed by atoms with Crippen molar-refractivity contribution in [3.63, 3.8) is 0 Å². The Morgan fingerprint density at radius 1 is 1.18 bits per heavy atom. The minimum Gasteiger partial charge on any atom is -0.462 e. The minimum absolute atomic E-state index is 0.0944. The van der Waals surface area contributed by atoms with Crippen LogP contribution in [-0.4, -0.2) is 25.8 Å². The van der Waals surface area contributed by atoms with Gasteiger partial charge in [-0.25, -0.2) is 9.18 Å². The first-order valence-electron chi connectivity index (χ1n) is 7.00. The van der Waals surface area contributed by atoms with Gasteiger partial charge in [-0.3, -0.25) is 4.57 Å². The fourth-order valence-corrected chi connectivity index (χ4v) is 3.35. The molecular formula is C15H20FO5P. The monoisotopic (exact) mass is 330 g/mol. The van der Waals surface area contributed by atoms with Gasteiger partial charge in [0.05, 0.1) is 19.8 Å². The molecule has 7 heteroatoms. The lowest BCUT2D eigenvalue weighted by Gasteiger charge is -2.19. The Morgan fingerprint density at radius 2 is 1.82 bits per heavy atom. The van der Waals surface area contributed by atoms with E-state index in [2.05, 4.69) is 0 Å². The van der Waals surface area contributed by atoms with Crippen LogP contribution < -0.4 is 0 Å². The molecule has 0 fully saturated rings. The molecule has 122 valence electrons. The van der Waals surface area contributed by atoms with E-state index in [4.69, 9.17) is 13.8 Å². The molecule has 0 saturated carbocycles. The highest BCUT2D eigenvalue weighted by Crippen LogP contribution is 2.57. The van der Waals surface area contributed by atoms with Gasteiger partial charge in [0.15, 0.2) is 0 Å². The first kappa shape index (κ1) is 18.6. The standard InChI is InChI=1S/C15H20FO5P/c1-4-19-15(17)14(22(18,20-5-2)21-6-3)11-12-8-7-9-13(16)10-12/h7-11H,4-6H2,1-3H3/b14-11+. The second kappa shape index (κ2) is 8.83. The number of carbonyl (C=O) groups is 1. The third-order valence-electron chi connectivity index (χ3n) is 2.53. The van der Waals surface area contributed by atoms with E-state index < -0.39 is 19.4 Å². The highest BCUT2D eigenvalue weighted by Gasteiger charge is 2.36. The van der Waals surface area contributed by atoms with Gasteiger partial charge in [-0.15, -0.1) is 0 Å². The lowest BCUT2D eigenvalue weighted by molar-refractivity contribution is -0.137. The van der Waals surface area contributed by atoms with Crippen LogP contribution >= 0.6 is 7.60 Å². The predicted octanol–water partition coefficient (Wildman–Crippen LogP) is 4.00. The summed E-state index contributed by atoms with van der Waals surface area (Å²) >= 11 is 0. The van der Waals surface area contributed by atoms with E-state index in [0.717, 1.165) is 0 Å². The Bertz CT molecular complexity index is 575. The van der Waals surface area contributed by atoms with Crippen molar-refractivity contribution < 1.29 is 27.5 Å². The second-order valence-corrected chi connectivity index (χ2v) is 6.13. The number of hydrogen-bond acceptors (Lipinski definition) is 5. The summed E-state index contributed by atoms with van der Waals surface area (Å²) < 4.78 is 41.4. The van der Waals surface area contributed by atoms with E-state index in [1.165, 1.54) is 24.3 Å². The summed E-state index contributed by atoms with van der Waals surface area (Å²) in [6, 6.07) is 5.54. The molecule has 0 N–H and O–H groups in total. The average Bonchev–Trinajstić information content (AvgIpc) is 2.45. The maximum atomic E-state index is 13.3. The SMILES string of the molecule is CCOC(=O)/C(=C\c1cccc(F)c1)P(=O)(OCC)OCC. The molecule has 0 aliphatic heterocycles. The number of esters is 1. The summed E-state index contributed by atoms with van der Waals surface area (Å²) in [5.74, 6) is -1.28. The minimum atomic E-state index is -3.83. The summed E-state index contributed by atoms with van der Waals surface area (Å²) in [6.07, 6.45) is 1.27. The Balaban J connectivity index is 3.33. The van der Waals surface area contributed by atoms with Crippen molar-refractivity contribution in [1.82, 2.24) is 0 Å². The second-order valence-electron chi connectivity index (χ2n) is 4.14. The van der Waals surface area contributed by atoms with Gasteiger partial charge in [0, 0.05) is 0 Å². The van der Waals surface area contributed by atoms with Crippen molar-refractivity contribution >= 4 is 19.6 Å². The van der Waals surface area contributed by atoms with Gasteiger partial charge in [-0.2, -0.15) is 0 Å². The van der Waals surface area contributed by atoms with Crippen molar-refractivity contribution in [3.8, 4) is 0 Å². The van der Waals surface area contributed by atoms with Crippen LogP contribution in [0.1, 0.15) is 26.3 Å². The molecule has 5 nitrogen and oxygen atoms in total. The maximum absolute atomic E-state index is 13.3. The molecule has 0 amide bonds. The number of carbonyl (C=O) groups excluding carboxylic acids is 1. The number of halogens is 1. The molecule has 1 aromatic carbocycles. The van der Waals surface area contributed by atoms with Crippen molar-refractivity contribution in [3.05, 3.63) is 41.0 Å². The van der Waals surface area contributed by atoms with Crippen LogP contribution in [0.5, 0.6) is 0 Å². The first-order valence-corrected chi connectivity index (χ1v) is 8.55. The summed E-state index contributed by atoms with van der Waals surface area (Å²) in [7, 11) is -3.83. The highest BCUT2D eigenvalue weighted by molar-refractivity contribution is 7.60. The third kappa shape index (κ3) is 5.05. The molecule has 0 heterocycles. The lowest BCUT2D eigenvalue weighted by atomic mass is 10.2. The maximum Gasteiger partial charge on any atom is 0.368 e. The van der Waals surface area contributed by atoms with Crippen LogP contribution in [-0.2, 0) is 23.1 Å². The molecule has 0 aromatic heterocycles. The highest BCUT2D eigenvalue weighted by atomic mass is 31.2. The van der Waals surface area contributed by atoms with Crippen molar-refractivity contribution in [2.75, 3.05) is 19.8 Å². The molecule has 0 saturated heterocycles. The van der Waals surface area contributed by atoms with Gasteiger partial charge >= 0.3 is 13.6 Å². The van der Waals surface area contributed by atoms with E-state index >= 15 is 0 Å². The van der Waals surface area contributed by atoms with Gasteiger partial charge in [-0.1, -0.05) is 12.1 Å². The summed E-state index contributed by atoms with van der Waals surface area (Å²) in [5, 5.41) is -0.247. The summed E-state index contributed by atoms with van der Waals surface area (Å²) in [4.78, 5) is 12.1. The normalized spacial score (nSPS) is 12.3. The Labute approximate surface area is 129 Å². The first-order chi connectivity index (χ1) is 10.5. The van der Waals surface area contributed by atoms with E-state index in [9.17, 15) is 13.8 Å². The zero-order valence-electron chi connectivity index (χ0n) is 12.9. The van der Waals surface area contributed by atoms with Crippen molar-refractivity contribution in [2.24, 2.45) is 0 Å². The van der Waals surface area contributed by atoms with Crippen LogP contribution in [0, 0.1) is 5.82 Å². The van der Waals surface area contributed by atoms with Crippen LogP contribution in [0.4, 0.5) is 4.39 Å². The summed E-state index contributed by atoms with van der Waals surface area (Å²) in [5.41, 5.74) is 0.364. The van der Waals surface area contributed by atoms with Crippen molar-refractivity contribution in [1.29, 1.82) is 0 Å². The van der Waals surface area contributed by atoms with Gasteiger partial charge in [0.25, 0.3) is 0 Å². The molecule has 0 aliphatic rings. The molecule has 0 bridgehead atoms. The number of ether oxygens (including phenoxy) is 1. The fourth-order valence-electron chi connectivity index (χ4n) is 1.73. The lowest BCUT2D eigenvalue weighted by Crippen LogP contribution is -2.11. The number of benzene rings is 1. The number of rotatable bonds is 8. The molecular weight excluding hydrogens is 310 g/mol. The van der Waals surface area contributed by atoms with Crippen molar-refractivity contribution in [2.45, 2.75) is 20.8 Å². The predicted molar refractivity (Wildman–Crippen MR) is 81.9 cm³/mol. The zero-order valence-corrected chi connectivity index (χ0v) is 13.8. The number of hydrogen-bond donors (Lipinski definition) is 0. The van der Waals surface area contributed by atoms with Crippen LogP contribution in [0.25, 0.3) is 6.08 Å². The van der Waals surface area contributed by atoms with Crippen LogP contribution in [0.2, 0.25) is 0 Å². The van der Waals surface area contributed by atoms with E-state index in [-0.39, 0.29) is 25.1 Å². The molecule has 22 heavy (non-hydrogen) atoms. The average molecular weight is 330 g/mol. The van der Waals surface area contributed by atoms with Gasteiger partial charge < -0.3 is 13.8 Å². The summed E-state index contributed by atoms with van der Waals surface area (Å²) in [6.45, 7) is 5.20. The van der Waals surface area contributed by atoms with Gasteiger partial charge in [0.1, 0.15) is 11.1 Å². The largest absolute Gasteiger partial charge is 0.462 e. The van der Waals surface area contributed by atoms with Gasteiger partial charge in [-0.05, 0) is 44.5 Å². The molecule has 1 aromatic rings.